The summed E-state index contributed by atoms with van der Waals surface area (Å²) in [4.78, 5) is 0. The normalized spacial score (nSPS) is 13.7. The van der Waals surface area contributed by atoms with Gasteiger partial charge >= 0.3 is 0 Å². The summed E-state index contributed by atoms with van der Waals surface area (Å²) >= 11 is 1.99. The minimum Gasteiger partial charge on any atom is -0.497 e. The lowest BCUT2D eigenvalue weighted by molar-refractivity contribution is 0.398. The zero-order chi connectivity index (χ0) is 30.6. The molecule has 0 aliphatic carbocycles. The molecule has 0 atom stereocenters. The first-order chi connectivity index (χ1) is 22.1. The monoisotopic (exact) mass is 625 g/mol. The average molecular weight is 626 g/mol. The van der Waals surface area contributed by atoms with Gasteiger partial charge in [0.15, 0.2) is 6.46 Å². The molecule has 1 heterocycles. The first-order valence-electron chi connectivity index (χ1n) is 14.9. The van der Waals surface area contributed by atoms with Crippen molar-refractivity contribution in [3.05, 3.63) is 91.0 Å². The number of hydrogen-bond donors (Lipinski definition) is 0. The minimum absolute atomic E-state index is 0.788. The third-order valence-electron chi connectivity index (χ3n) is 9.78. The number of methoxy groups -OCH3 is 4. The second-order valence-corrected chi connectivity index (χ2v) is 17.3. The maximum Gasteiger partial charge on any atom is 0.173 e. The Kier molecular flexibility index (Phi) is 5.70. The standard InChI is InChI=1S/C39H30O4PS/c1-40-21-17-28-32(30(19-21)42-3)26-15-9-13-24-25-14-10-16-27-33-29(18-22(41-2)20-31(33)43-4)39-37(35(25)27)36(34(24)26)38(28)44(39,45-5)23-11-7-6-8-12-23/h6-20H,1-5H3/q+1. The Bertz CT molecular complexity index is 2370. The highest BCUT2D eigenvalue weighted by molar-refractivity contribution is 8.69. The van der Waals surface area contributed by atoms with Crippen LogP contribution in [-0.4, -0.2) is 34.7 Å². The summed E-state index contributed by atoms with van der Waals surface area (Å²) in [5, 5.41) is 18.9. The molecule has 1 aliphatic rings. The average Bonchev–Trinajstić information content (AvgIpc) is 3.43. The van der Waals surface area contributed by atoms with E-state index in [2.05, 4.69) is 85.1 Å². The van der Waals surface area contributed by atoms with Crippen molar-refractivity contribution in [2.45, 2.75) is 0 Å². The number of hydrogen-bond acceptors (Lipinski definition) is 5. The summed E-state index contributed by atoms with van der Waals surface area (Å²) in [7, 11) is 6.99. The molecule has 8 aromatic rings. The predicted octanol–water partition coefficient (Wildman–Crippen LogP) is 8.96. The van der Waals surface area contributed by atoms with E-state index in [1.54, 1.807) is 28.4 Å². The van der Waals surface area contributed by atoms with Crippen LogP contribution in [0.1, 0.15) is 0 Å². The molecule has 0 N–H and O–H groups in total. The van der Waals surface area contributed by atoms with Gasteiger partial charge in [-0.2, -0.15) is 0 Å². The zero-order valence-corrected chi connectivity index (χ0v) is 27.4. The lowest BCUT2D eigenvalue weighted by Gasteiger charge is -2.25. The van der Waals surface area contributed by atoms with Crippen LogP contribution in [-0.2, 0) is 0 Å². The second kappa shape index (κ2) is 9.53. The van der Waals surface area contributed by atoms with E-state index in [0.717, 1.165) is 33.8 Å². The quantitative estimate of drug-likeness (QED) is 0.105. The molecule has 9 rings (SSSR count). The summed E-state index contributed by atoms with van der Waals surface area (Å²) in [5.74, 6) is 3.22. The van der Waals surface area contributed by atoms with Crippen molar-refractivity contribution < 1.29 is 18.9 Å². The van der Waals surface area contributed by atoms with Gasteiger partial charge in [-0.15, -0.1) is 0 Å². The highest BCUT2D eigenvalue weighted by Crippen LogP contribution is 2.73. The molecule has 0 spiro atoms. The van der Waals surface area contributed by atoms with Crippen LogP contribution in [0.4, 0.5) is 0 Å². The van der Waals surface area contributed by atoms with Crippen molar-refractivity contribution in [1.29, 1.82) is 0 Å². The van der Waals surface area contributed by atoms with Crippen LogP contribution in [0, 0.1) is 0 Å². The maximum atomic E-state index is 6.16. The minimum atomic E-state index is -2.36. The molecule has 0 unspecified atom stereocenters. The van der Waals surface area contributed by atoms with Crippen molar-refractivity contribution in [2.75, 3.05) is 34.7 Å². The van der Waals surface area contributed by atoms with E-state index in [-0.39, 0.29) is 0 Å². The van der Waals surface area contributed by atoms with Crippen LogP contribution in [0.3, 0.4) is 0 Å². The first kappa shape index (κ1) is 26.9. The van der Waals surface area contributed by atoms with E-state index >= 15 is 0 Å². The summed E-state index contributed by atoms with van der Waals surface area (Å²) < 4.78 is 24.2. The van der Waals surface area contributed by atoms with Crippen LogP contribution in [0.25, 0.3) is 64.6 Å². The molecule has 0 radical (unpaired) electrons. The van der Waals surface area contributed by atoms with Crippen molar-refractivity contribution in [2.24, 2.45) is 0 Å². The van der Waals surface area contributed by atoms with Crippen molar-refractivity contribution in [3.8, 4) is 23.0 Å². The predicted molar refractivity (Wildman–Crippen MR) is 195 cm³/mol. The van der Waals surface area contributed by atoms with E-state index in [9.17, 15) is 0 Å². The molecule has 0 aromatic heterocycles. The fourth-order valence-electron chi connectivity index (χ4n) is 8.12. The molecule has 6 heteroatoms. The van der Waals surface area contributed by atoms with Crippen molar-refractivity contribution >= 4 is 98.4 Å². The number of ether oxygens (including phenoxy) is 4. The smallest absolute Gasteiger partial charge is 0.173 e. The Labute approximate surface area is 265 Å². The molecule has 0 fully saturated rings. The van der Waals surface area contributed by atoms with Crippen LogP contribution in [0.5, 0.6) is 23.0 Å². The van der Waals surface area contributed by atoms with Gasteiger partial charge in [-0.3, -0.25) is 0 Å². The Morgan fingerprint density at radius 2 is 0.911 bits per heavy atom. The van der Waals surface area contributed by atoms with Gasteiger partial charge in [-0.1, -0.05) is 54.6 Å². The van der Waals surface area contributed by atoms with Gasteiger partial charge < -0.3 is 18.9 Å². The molecule has 1 aliphatic heterocycles. The topological polar surface area (TPSA) is 36.9 Å². The molecule has 0 amide bonds. The van der Waals surface area contributed by atoms with Gasteiger partial charge in [0.1, 0.15) is 38.9 Å². The van der Waals surface area contributed by atoms with Crippen LogP contribution >= 0.6 is 17.8 Å². The largest absolute Gasteiger partial charge is 0.497 e. The van der Waals surface area contributed by atoms with E-state index in [4.69, 9.17) is 18.9 Å². The zero-order valence-electron chi connectivity index (χ0n) is 25.6. The summed E-state index contributed by atoms with van der Waals surface area (Å²) in [6, 6.07) is 33.1. The van der Waals surface area contributed by atoms with Crippen LogP contribution in [0.2, 0.25) is 0 Å². The molecule has 4 nitrogen and oxygen atoms in total. The van der Waals surface area contributed by atoms with Gasteiger partial charge in [-0.25, -0.2) is 0 Å². The molecular formula is C39H30O4PS+. The molecular weight excluding hydrogens is 595 g/mol. The highest BCUT2D eigenvalue weighted by atomic mass is 32.7. The summed E-state index contributed by atoms with van der Waals surface area (Å²) in [6.07, 6.45) is 2.29. The summed E-state index contributed by atoms with van der Waals surface area (Å²) in [5.41, 5.74) is 0. The van der Waals surface area contributed by atoms with Gasteiger partial charge in [-0.05, 0) is 45.8 Å². The van der Waals surface area contributed by atoms with Gasteiger partial charge in [0.05, 0.1) is 28.4 Å². The van der Waals surface area contributed by atoms with E-state index in [0.29, 0.717) is 0 Å². The van der Waals surface area contributed by atoms with Gasteiger partial charge in [0, 0.05) is 72.9 Å². The first-order valence-corrected chi connectivity index (χ1v) is 18.5. The van der Waals surface area contributed by atoms with Gasteiger partial charge in [0.2, 0.25) is 0 Å². The van der Waals surface area contributed by atoms with Crippen molar-refractivity contribution in [3.63, 3.8) is 0 Å². The molecule has 0 saturated heterocycles. The van der Waals surface area contributed by atoms with Crippen LogP contribution < -0.4 is 34.9 Å². The molecule has 8 aromatic carbocycles. The number of rotatable bonds is 6. The molecule has 0 bridgehead atoms. The Morgan fingerprint density at radius 1 is 0.444 bits per heavy atom. The fourth-order valence-corrected chi connectivity index (χ4v) is 15.4. The Balaban J connectivity index is 1.71. The van der Waals surface area contributed by atoms with E-state index < -0.39 is 6.46 Å². The van der Waals surface area contributed by atoms with E-state index in [1.165, 1.54) is 69.8 Å². The van der Waals surface area contributed by atoms with Crippen molar-refractivity contribution in [1.82, 2.24) is 0 Å². The third-order valence-corrected chi connectivity index (χ3v) is 16.9. The number of fused-ring (bicyclic) bond motifs is 7. The number of benzene rings is 8. The molecule has 0 saturated carbocycles. The Morgan fingerprint density at radius 3 is 1.33 bits per heavy atom. The lowest BCUT2D eigenvalue weighted by atomic mass is 9.85. The van der Waals surface area contributed by atoms with Crippen LogP contribution in [0.15, 0.2) is 91.0 Å². The Hall–Kier alpha value is -4.44. The fraction of sp³-hybridized carbons (Fsp3) is 0.128. The van der Waals surface area contributed by atoms with E-state index in [1.807, 2.05) is 23.5 Å². The summed E-state index contributed by atoms with van der Waals surface area (Å²) in [6.45, 7) is -2.36. The lowest BCUT2D eigenvalue weighted by Crippen LogP contribution is -2.26. The molecule has 220 valence electrons. The van der Waals surface area contributed by atoms with Gasteiger partial charge in [0.25, 0.3) is 0 Å². The maximum absolute atomic E-state index is 6.16. The third kappa shape index (κ3) is 3.18. The second-order valence-electron chi connectivity index (χ2n) is 11.5. The highest BCUT2D eigenvalue weighted by Gasteiger charge is 2.56. The SMILES string of the molecule is COc1cc(OC)c2c(c1)c1c3c4c(c5cc(OC)cc(OC)c5c5cccc(c6cccc2c63)c54)[P+]1(SC)c1ccccc1. The molecule has 45 heavy (non-hydrogen) atoms.